The molecule has 0 aromatic heterocycles. The van der Waals surface area contributed by atoms with Gasteiger partial charge < -0.3 is 14.2 Å². The number of alkyl halides is 3. The van der Waals surface area contributed by atoms with E-state index in [0.29, 0.717) is 35.5 Å². The zero-order valence-corrected chi connectivity index (χ0v) is 22.3. The Kier molecular flexibility index (Phi) is 7.11. The number of anilines is 1. The molecule has 6 rings (SSSR count). The number of esters is 1. The Bertz CT molecular complexity index is 1530. The van der Waals surface area contributed by atoms with Crippen LogP contribution < -0.4 is 15.3 Å². The maximum Gasteiger partial charge on any atom is 0.497 e. The van der Waals surface area contributed by atoms with Crippen LogP contribution in [0.1, 0.15) is 29.9 Å². The van der Waals surface area contributed by atoms with E-state index in [1.54, 1.807) is 36.4 Å². The minimum atomic E-state index is -4.75. The molecular weight excluding hydrogens is 556 g/mol. The monoisotopic (exact) mass is 582 g/mol. The summed E-state index contributed by atoms with van der Waals surface area (Å²) in [6, 6.07) is 19.6. The van der Waals surface area contributed by atoms with E-state index >= 15 is 0 Å². The third-order valence-corrected chi connectivity index (χ3v) is 7.74. The van der Waals surface area contributed by atoms with E-state index < -0.39 is 35.5 Å². The van der Waals surface area contributed by atoms with Crippen molar-refractivity contribution < 1.29 is 36.6 Å². The number of hydrogen-bond donors (Lipinski definition) is 1. The summed E-state index contributed by atoms with van der Waals surface area (Å²) in [4.78, 5) is 12.8. The lowest BCUT2D eigenvalue weighted by Gasteiger charge is -2.31. The molecule has 1 N–H and O–H groups in total. The first-order valence-corrected chi connectivity index (χ1v) is 13.2. The number of nitrogens with one attached hydrogen (secondary N) is 1. The number of ether oxygens (including phenoxy) is 3. The lowest BCUT2D eigenvalue weighted by Crippen LogP contribution is -2.52. The van der Waals surface area contributed by atoms with Crippen LogP contribution in [0.5, 0.6) is 11.5 Å². The SMILES string of the molecule is COC(=O)[C@H]1CC[C@@]2(C=C(c3cc(N4C=NNN4C(F)(F)F)ccc3Oc3ccccc3)CO2)[C@@H]1c1ccc(F)cc1. The molecule has 0 radical (unpaired) electrons. The summed E-state index contributed by atoms with van der Waals surface area (Å²) in [7, 11) is 1.32. The lowest BCUT2D eigenvalue weighted by atomic mass is 9.79. The van der Waals surface area contributed by atoms with E-state index in [1.165, 1.54) is 25.3 Å². The van der Waals surface area contributed by atoms with Gasteiger partial charge in [-0.15, -0.1) is 0 Å². The number of hydrazone groups is 1. The molecule has 2 aliphatic heterocycles. The molecule has 42 heavy (non-hydrogen) atoms. The quantitative estimate of drug-likeness (QED) is 0.213. The predicted molar refractivity (Wildman–Crippen MR) is 145 cm³/mol. The summed E-state index contributed by atoms with van der Waals surface area (Å²) < 4.78 is 72.5. The van der Waals surface area contributed by atoms with Crippen LogP contribution in [0.25, 0.3) is 5.57 Å². The maximum atomic E-state index is 13.8. The molecule has 0 unspecified atom stereocenters. The van der Waals surface area contributed by atoms with Gasteiger partial charge in [-0.2, -0.15) is 18.3 Å². The molecular formula is C30H26F4N4O4. The first-order chi connectivity index (χ1) is 20.2. The van der Waals surface area contributed by atoms with Crippen molar-refractivity contribution >= 4 is 23.6 Å². The third-order valence-electron chi connectivity index (χ3n) is 7.74. The number of methoxy groups -OCH3 is 1. The first-order valence-electron chi connectivity index (χ1n) is 13.2. The van der Waals surface area contributed by atoms with Crippen LogP contribution in [0.4, 0.5) is 23.2 Å². The predicted octanol–water partition coefficient (Wildman–Crippen LogP) is 6.14. The number of nitrogens with zero attached hydrogens (tertiary/aromatic N) is 3. The van der Waals surface area contributed by atoms with Gasteiger partial charge in [-0.05, 0) is 77.6 Å². The van der Waals surface area contributed by atoms with E-state index in [9.17, 15) is 22.4 Å². The molecule has 1 aliphatic carbocycles. The summed E-state index contributed by atoms with van der Waals surface area (Å²) in [5.41, 5.74) is 3.08. The molecule has 1 fully saturated rings. The van der Waals surface area contributed by atoms with Crippen LogP contribution in [0.15, 0.2) is 84.0 Å². The number of carbonyl (C=O) groups excluding carboxylic acids is 1. The molecule has 0 saturated heterocycles. The van der Waals surface area contributed by atoms with E-state index in [-0.39, 0.29) is 17.4 Å². The summed E-state index contributed by atoms with van der Waals surface area (Å²) >= 11 is 0. The second-order valence-corrected chi connectivity index (χ2v) is 10.2. The largest absolute Gasteiger partial charge is 0.497 e. The van der Waals surface area contributed by atoms with Crippen molar-refractivity contribution in [3.8, 4) is 11.5 Å². The zero-order chi connectivity index (χ0) is 29.5. The molecule has 12 heteroatoms. The van der Waals surface area contributed by atoms with Crippen molar-refractivity contribution in [1.82, 2.24) is 10.7 Å². The Morgan fingerprint density at radius 3 is 2.57 bits per heavy atom. The zero-order valence-electron chi connectivity index (χ0n) is 22.3. The highest BCUT2D eigenvalue weighted by molar-refractivity contribution is 5.84. The molecule has 3 atom stereocenters. The topological polar surface area (TPSA) is 75.6 Å². The highest BCUT2D eigenvalue weighted by Gasteiger charge is 2.54. The first kappa shape index (κ1) is 27.7. The summed E-state index contributed by atoms with van der Waals surface area (Å²) in [5.74, 6) is -0.862. The Hall–Kier alpha value is -4.42. The minimum Gasteiger partial charge on any atom is -0.469 e. The van der Waals surface area contributed by atoms with Gasteiger partial charge in [0.15, 0.2) is 0 Å². The fourth-order valence-corrected chi connectivity index (χ4v) is 5.92. The molecule has 1 spiro atoms. The van der Waals surface area contributed by atoms with Gasteiger partial charge in [0.25, 0.3) is 0 Å². The average Bonchev–Trinajstić information content (AvgIpc) is 3.73. The number of para-hydroxylation sites is 1. The van der Waals surface area contributed by atoms with Crippen LogP contribution in [-0.2, 0) is 14.3 Å². The van der Waals surface area contributed by atoms with Crippen molar-refractivity contribution in [3.05, 3.63) is 95.8 Å². The second kappa shape index (κ2) is 10.8. The number of hydrazine groups is 2. The normalized spacial score (nSPS) is 23.7. The summed E-state index contributed by atoms with van der Waals surface area (Å²) in [5, 5.41) is 4.35. The Balaban J connectivity index is 1.43. The number of benzene rings is 3. The fraction of sp³-hybridized carbons (Fsp3) is 0.267. The number of carbonyl (C=O) groups is 1. The van der Waals surface area contributed by atoms with Gasteiger partial charge in [-0.1, -0.05) is 30.3 Å². The number of rotatable bonds is 6. The standard InChI is InChI=1S/C30H26F4N4O4/c1-40-28(39)24-13-14-29(27(24)19-7-9-21(31)10-8-19)16-20(17-41-29)25-15-22(37-18-35-36-38(37)30(32,33)34)11-12-26(25)42-23-5-3-2-4-6-23/h2-12,15-16,18,24,27,36H,13-14,17H2,1H3/t24-,27+,29+/m0/s1. The highest BCUT2D eigenvalue weighted by Crippen LogP contribution is 2.54. The molecule has 2 heterocycles. The molecule has 3 aromatic carbocycles. The van der Waals surface area contributed by atoms with E-state index in [4.69, 9.17) is 14.2 Å². The Morgan fingerprint density at radius 2 is 1.86 bits per heavy atom. The van der Waals surface area contributed by atoms with Gasteiger partial charge in [0.1, 0.15) is 23.7 Å². The fourth-order valence-electron chi connectivity index (χ4n) is 5.92. The van der Waals surface area contributed by atoms with Crippen LogP contribution in [-0.4, -0.2) is 43.0 Å². The van der Waals surface area contributed by atoms with Crippen molar-refractivity contribution in [1.29, 1.82) is 0 Å². The van der Waals surface area contributed by atoms with Crippen molar-refractivity contribution in [2.45, 2.75) is 30.7 Å². The van der Waals surface area contributed by atoms with E-state index in [0.717, 1.165) is 16.9 Å². The van der Waals surface area contributed by atoms with Crippen molar-refractivity contribution in [2.24, 2.45) is 11.0 Å². The maximum absolute atomic E-state index is 13.8. The van der Waals surface area contributed by atoms with Gasteiger partial charge in [-0.25, -0.2) is 14.9 Å². The molecule has 218 valence electrons. The molecule has 0 bridgehead atoms. The molecule has 3 aromatic rings. The van der Waals surface area contributed by atoms with Crippen LogP contribution in [0.3, 0.4) is 0 Å². The molecule has 8 nitrogen and oxygen atoms in total. The van der Waals surface area contributed by atoms with E-state index in [1.807, 2.05) is 29.8 Å². The van der Waals surface area contributed by atoms with Gasteiger partial charge >= 0.3 is 12.3 Å². The average molecular weight is 583 g/mol. The highest BCUT2D eigenvalue weighted by atomic mass is 19.4. The number of hydrogen-bond acceptors (Lipinski definition) is 8. The Morgan fingerprint density at radius 1 is 1.10 bits per heavy atom. The van der Waals surface area contributed by atoms with Gasteiger partial charge in [0.05, 0.1) is 30.9 Å². The minimum absolute atomic E-state index is 0.0483. The summed E-state index contributed by atoms with van der Waals surface area (Å²) in [6.07, 6.45) is -0.850. The van der Waals surface area contributed by atoms with Crippen molar-refractivity contribution in [2.75, 3.05) is 18.7 Å². The van der Waals surface area contributed by atoms with E-state index in [2.05, 4.69) is 5.10 Å². The van der Waals surface area contributed by atoms with Crippen molar-refractivity contribution in [3.63, 3.8) is 0 Å². The second-order valence-electron chi connectivity index (χ2n) is 10.2. The lowest BCUT2D eigenvalue weighted by molar-refractivity contribution is -0.259. The molecule has 0 amide bonds. The molecule has 1 saturated carbocycles. The van der Waals surface area contributed by atoms with Crippen LogP contribution in [0.2, 0.25) is 0 Å². The summed E-state index contributed by atoms with van der Waals surface area (Å²) in [6.45, 7) is 0.107. The van der Waals surface area contributed by atoms with Crippen LogP contribution >= 0.6 is 0 Å². The van der Waals surface area contributed by atoms with Gasteiger partial charge in [0, 0.05) is 11.5 Å². The van der Waals surface area contributed by atoms with Crippen LogP contribution in [0, 0.1) is 11.7 Å². The third kappa shape index (κ3) is 5.07. The Labute approximate surface area is 238 Å². The van der Waals surface area contributed by atoms with Gasteiger partial charge in [0.2, 0.25) is 0 Å². The number of halogens is 4. The molecule has 3 aliphatic rings. The van der Waals surface area contributed by atoms with Gasteiger partial charge in [-0.3, -0.25) is 4.79 Å². The smallest absolute Gasteiger partial charge is 0.469 e.